The second-order valence-electron chi connectivity index (χ2n) is 7.17. The number of halogens is 1. The number of aromatic nitrogens is 1. The zero-order valence-electron chi connectivity index (χ0n) is 16.4. The van der Waals surface area contributed by atoms with Gasteiger partial charge in [0.15, 0.2) is 0 Å². The van der Waals surface area contributed by atoms with Crippen LogP contribution in [0.4, 0.5) is 5.69 Å². The summed E-state index contributed by atoms with van der Waals surface area (Å²) in [6, 6.07) is 19.6. The molecule has 0 atom stereocenters. The van der Waals surface area contributed by atoms with Gasteiger partial charge in [-0.25, -0.2) is 0 Å². The third-order valence-corrected chi connectivity index (χ3v) is 5.36. The number of hydrogen-bond donors (Lipinski definition) is 1. The van der Waals surface area contributed by atoms with Crippen LogP contribution >= 0.6 is 11.6 Å². The number of nitriles is 1. The van der Waals surface area contributed by atoms with Crippen molar-refractivity contribution in [1.29, 1.82) is 5.26 Å². The Kier molecular flexibility index (Phi) is 4.94. The maximum absolute atomic E-state index is 13.2. The summed E-state index contributed by atoms with van der Waals surface area (Å²) in [4.78, 5) is 17.4. The van der Waals surface area contributed by atoms with E-state index in [1.807, 2.05) is 49.3 Å². The summed E-state index contributed by atoms with van der Waals surface area (Å²) in [5.41, 5.74) is 3.50. The van der Waals surface area contributed by atoms with Gasteiger partial charge in [0.05, 0.1) is 16.7 Å². The number of rotatable bonds is 3. The SMILES string of the molecule is CN(C)c1ccc(-c2cc3c([O-])c(-c4ccc(C#N)cc4)c(=O)[nH]c3cc2Cl)cc1. The van der Waals surface area contributed by atoms with E-state index in [2.05, 4.69) is 4.98 Å². The summed E-state index contributed by atoms with van der Waals surface area (Å²) in [7, 11) is 3.92. The van der Waals surface area contributed by atoms with Crippen LogP contribution in [0.15, 0.2) is 65.5 Å². The molecule has 4 aromatic rings. The summed E-state index contributed by atoms with van der Waals surface area (Å²) >= 11 is 6.47. The third kappa shape index (κ3) is 3.38. The van der Waals surface area contributed by atoms with Crippen molar-refractivity contribution >= 4 is 28.2 Å². The van der Waals surface area contributed by atoms with Crippen LogP contribution in [0, 0.1) is 11.3 Å². The van der Waals surface area contributed by atoms with Gasteiger partial charge in [0, 0.05) is 36.4 Å². The number of pyridine rings is 1. The molecule has 1 heterocycles. The molecule has 0 amide bonds. The van der Waals surface area contributed by atoms with Crippen LogP contribution in [0.2, 0.25) is 5.02 Å². The average Bonchev–Trinajstić information content (AvgIpc) is 2.74. The minimum atomic E-state index is -0.489. The van der Waals surface area contributed by atoms with Crippen molar-refractivity contribution in [3.8, 4) is 34.1 Å². The minimum absolute atomic E-state index is 0.0446. The van der Waals surface area contributed by atoms with Crippen molar-refractivity contribution < 1.29 is 5.11 Å². The number of H-pyrrole nitrogens is 1. The van der Waals surface area contributed by atoms with Gasteiger partial charge in [-0.05, 0) is 52.9 Å². The standard InChI is InChI=1S/C24H18ClN3O2/c1-28(2)17-9-7-15(8-10-17)18-11-19-21(12-20(18)25)27-24(30)22(23(19)29)16-5-3-14(13-26)4-6-16/h3-12H,1-2H3,(H2,27,29,30)/p-1. The molecular formula is C24H17ClN3O2-. The summed E-state index contributed by atoms with van der Waals surface area (Å²) < 4.78 is 0. The molecule has 0 bridgehead atoms. The van der Waals surface area contributed by atoms with Crippen LogP contribution in [0.25, 0.3) is 33.2 Å². The first-order chi connectivity index (χ1) is 14.4. The summed E-state index contributed by atoms with van der Waals surface area (Å²) in [6.07, 6.45) is 0. The number of anilines is 1. The van der Waals surface area contributed by atoms with Gasteiger partial charge < -0.3 is 15.0 Å². The van der Waals surface area contributed by atoms with Gasteiger partial charge in [-0.1, -0.05) is 41.6 Å². The van der Waals surface area contributed by atoms with Crippen molar-refractivity contribution in [2.45, 2.75) is 0 Å². The van der Waals surface area contributed by atoms with Gasteiger partial charge in [-0.2, -0.15) is 5.26 Å². The second kappa shape index (κ2) is 7.58. The topological polar surface area (TPSA) is 82.9 Å². The summed E-state index contributed by atoms with van der Waals surface area (Å²) in [5.74, 6) is -0.374. The van der Waals surface area contributed by atoms with Crippen LogP contribution in [-0.2, 0) is 0 Å². The predicted molar refractivity (Wildman–Crippen MR) is 119 cm³/mol. The molecule has 0 saturated carbocycles. The van der Waals surface area contributed by atoms with E-state index in [1.165, 1.54) is 0 Å². The molecule has 0 unspecified atom stereocenters. The molecule has 3 aromatic carbocycles. The number of benzene rings is 3. The van der Waals surface area contributed by atoms with Gasteiger partial charge in [0.2, 0.25) is 0 Å². The second-order valence-corrected chi connectivity index (χ2v) is 7.57. The quantitative estimate of drug-likeness (QED) is 0.534. The van der Waals surface area contributed by atoms with Crippen LogP contribution in [-0.4, -0.2) is 19.1 Å². The van der Waals surface area contributed by atoms with E-state index in [0.29, 0.717) is 32.6 Å². The molecule has 0 aliphatic carbocycles. The Bertz CT molecular complexity index is 1350. The highest BCUT2D eigenvalue weighted by molar-refractivity contribution is 6.34. The van der Waals surface area contributed by atoms with E-state index in [9.17, 15) is 9.90 Å². The van der Waals surface area contributed by atoms with E-state index < -0.39 is 5.56 Å². The first-order valence-electron chi connectivity index (χ1n) is 9.24. The van der Waals surface area contributed by atoms with Gasteiger partial charge in [0.1, 0.15) is 0 Å². The molecule has 148 valence electrons. The van der Waals surface area contributed by atoms with Crippen LogP contribution in [0.1, 0.15) is 5.56 Å². The van der Waals surface area contributed by atoms with Gasteiger partial charge >= 0.3 is 0 Å². The Hall–Kier alpha value is -3.75. The Morgan fingerprint density at radius 3 is 2.23 bits per heavy atom. The molecule has 0 aliphatic rings. The number of aromatic amines is 1. The highest BCUT2D eigenvalue weighted by Crippen LogP contribution is 2.37. The molecule has 6 heteroatoms. The predicted octanol–water partition coefficient (Wildman–Crippen LogP) is 4.53. The van der Waals surface area contributed by atoms with Crippen molar-refractivity contribution in [2.75, 3.05) is 19.0 Å². The van der Waals surface area contributed by atoms with Crippen LogP contribution < -0.4 is 15.6 Å². The molecular weight excluding hydrogens is 398 g/mol. The third-order valence-electron chi connectivity index (χ3n) is 5.05. The van der Waals surface area contributed by atoms with Gasteiger partial charge in [-0.3, -0.25) is 4.79 Å². The minimum Gasteiger partial charge on any atom is -0.871 e. The van der Waals surface area contributed by atoms with E-state index >= 15 is 0 Å². The molecule has 0 aliphatic heterocycles. The first kappa shape index (κ1) is 19.6. The van der Waals surface area contributed by atoms with Crippen LogP contribution in [0.3, 0.4) is 0 Å². The monoisotopic (exact) mass is 414 g/mol. The lowest BCUT2D eigenvalue weighted by atomic mass is 9.99. The molecule has 0 fully saturated rings. The van der Waals surface area contributed by atoms with Crippen molar-refractivity contribution in [2.24, 2.45) is 0 Å². The fourth-order valence-electron chi connectivity index (χ4n) is 3.42. The van der Waals surface area contributed by atoms with Crippen molar-refractivity contribution in [1.82, 2.24) is 4.98 Å². The summed E-state index contributed by atoms with van der Waals surface area (Å²) in [6.45, 7) is 0. The first-order valence-corrected chi connectivity index (χ1v) is 9.61. The maximum atomic E-state index is 13.2. The molecule has 0 saturated heterocycles. The molecule has 0 spiro atoms. The van der Waals surface area contributed by atoms with E-state index in [0.717, 1.165) is 11.3 Å². The summed E-state index contributed by atoms with van der Waals surface area (Å²) in [5, 5.41) is 23.0. The average molecular weight is 415 g/mol. The lowest BCUT2D eigenvalue weighted by molar-refractivity contribution is -0.264. The van der Waals surface area contributed by atoms with Crippen molar-refractivity contribution in [3.05, 3.63) is 81.6 Å². The Morgan fingerprint density at radius 2 is 1.63 bits per heavy atom. The Morgan fingerprint density at radius 1 is 1.00 bits per heavy atom. The van der Waals surface area contributed by atoms with E-state index in [1.54, 1.807) is 36.4 Å². The fourth-order valence-corrected chi connectivity index (χ4v) is 3.69. The van der Waals surface area contributed by atoms with Crippen LogP contribution in [0.5, 0.6) is 5.75 Å². The maximum Gasteiger partial charge on any atom is 0.255 e. The highest BCUT2D eigenvalue weighted by Gasteiger charge is 2.12. The van der Waals surface area contributed by atoms with Crippen molar-refractivity contribution in [3.63, 3.8) is 0 Å². The van der Waals surface area contributed by atoms with E-state index in [-0.39, 0.29) is 11.3 Å². The smallest absolute Gasteiger partial charge is 0.255 e. The number of hydrogen-bond acceptors (Lipinski definition) is 4. The number of nitrogens with zero attached hydrogens (tertiary/aromatic N) is 2. The zero-order valence-corrected chi connectivity index (χ0v) is 17.1. The lowest BCUT2D eigenvalue weighted by Crippen LogP contribution is -2.13. The van der Waals surface area contributed by atoms with E-state index in [4.69, 9.17) is 16.9 Å². The highest BCUT2D eigenvalue weighted by atomic mass is 35.5. The lowest BCUT2D eigenvalue weighted by Gasteiger charge is -2.18. The van der Waals surface area contributed by atoms with Gasteiger partial charge in [0.25, 0.3) is 5.56 Å². The Balaban J connectivity index is 1.90. The molecule has 1 aromatic heterocycles. The normalized spacial score (nSPS) is 10.7. The molecule has 1 N–H and O–H groups in total. The fraction of sp³-hybridized carbons (Fsp3) is 0.0833. The molecule has 30 heavy (non-hydrogen) atoms. The van der Waals surface area contributed by atoms with Gasteiger partial charge in [-0.15, -0.1) is 0 Å². The Labute approximate surface area is 178 Å². The number of nitrogens with one attached hydrogen (secondary N) is 1. The molecule has 4 rings (SSSR count). The molecule has 5 nitrogen and oxygen atoms in total. The zero-order chi connectivity index (χ0) is 21.4. The molecule has 0 radical (unpaired) electrons. The largest absolute Gasteiger partial charge is 0.871 e. The number of fused-ring (bicyclic) bond motifs is 1.